The molecule has 3 nitrogen and oxygen atoms in total. The van der Waals surface area contributed by atoms with Crippen LogP contribution in [0.3, 0.4) is 0 Å². The molecule has 1 unspecified atom stereocenters. The highest BCUT2D eigenvalue weighted by Gasteiger charge is 2.17. The third-order valence-corrected chi connectivity index (χ3v) is 2.92. The molecule has 1 heterocycles. The van der Waals surface area contributed by atoms with Crippen LogP contribution in [0.1, 0.15) is 20.3 Å². The lowest BCUT2D eigenvalue weighted by Crippen LogP contribution is -2.53. The molecule has 3 heteroatoms. The number of nitrogens with one attached hydrogen (secondary N) is 2. The Balaban J connectivity index is 2.04. The van der Waals surface area contributed by atoms with Gasteiger partial charge in [0.1, 0.15) is 0 Å². The van der Waals surface area contributed by atoms with Crippen LogP contribution < -0.4 is 10.6 Å². The van der Waals surface area contributed by atoms with E-state index in [2.05, 4.69) is 36.4 Å². The lowest BCUT2D eigenvalue weighted by Gasteiger charge is -2.33. The second kappa shape index (κ2) is 6.38. The van der Waals surface area contributed by atoms with E-state index < -0.39 is 0 Å². The molecule has 0 bridgehead atoms. The van der Waals surface area contributed by atoms with Gasteiger partial charge in [-0.25, -0.2) is 0 Å². The molecule has 1 saturated heterocycles. The van der Waals surface area contributed by atoms with Crippen molar-refractivity contribution in [3.8, 4) is 0 Å². The Morgan fingerprint density at radius 1 is 1.50 bits per heavy atom. The first-order chi connectivity index (χ1) is 6.70. The van der Waals surface area contributed by atoms with Gasteiger partial charge in [-0.3, -0.25) is 4.90 Å². The largest absolute Gasteiger partial charge is 0.315 e. The first-order valence-electron chi connectivity index (χ1n) is 5.82. The highest BCUT2D eigenvalue weighted by molar-refractivity contribution is 4.78. The fraction of sp³-hybridized carbons (Fsp3) is 1.00. The third kappa shape index (κ3) is 4.40. The van der Waals surface area contributed by atoms with Crippen molar-refractivity contribution in [1.82, 2.24) is 15.5 Å². The number of likely N-dealkylation sites (N-methyl/N-ethyl adjacent to an activating group) is 1. The van der Waals surface area contributed by atoms with Gasteiger partial charge in [-0.05, 0) is 25.9 Å². The van der Waals surface area contributed by atoms with E-state index in [-0.39, 0.29) is 0 Å². The summed E-state index contributed by atoms with van der Waals surface area (Å²) in [7, 11) is 2.22. The third-order valence-electron chi connectivity index (χ3n) is 2.92. The molecule has 0 spiro atoms. The number of hydrogen-bond donors (Lipinski definition) is 2. The van der Waals surface area contributed by atoms with Crippen LogP contribution in [-0.4, -0.2) is 50.7 Å². The van der Waals surface area contributed by atoms with E-state index in [1.807, 2.05) is 0 Å². The minimum absolute atomic E-state index is 0.677. The van der Waals surface area contributed by atoms with Crippen molar-refractivity contribution in [3.05, 3.63) is 0 Å². The van der Waals surface area contributed by atoms with Crippen LogP contribution in [0, 0.1) is 5.92 Å². The maximum atomic E-state index is 3.54. The maximum Gasteiger partial charge on any atom is 0.0342 e. The van der Waals surface area contributed by atoms with Crippen LogP contribution in [0.5, 0.6) is 0 Å². The molecule has 1 rings (SSSR count). The Morgan fingerprint density at radius 3 is 2.93 bits per heavy atom. The quantitative estimate of drug-likeness (QED) is 0.632. The van der Waals surface area contributed by atoms with E-state index in [1.54, 1.807) is 0 Å². The van der Waals surface area contributed by atoms with Crippen LogP contribution in [0.15, 0.2) is 0 Å². The first-order valence-corrected chi connectivity index (χ1v) is 5.82. The van der Waals surface area contributed by atoms with Crippen molar-refractivity contribution in [3.63, 3.8) is 0 Å². The van der Waals surface area contributed by atoms with Gasteiger partial charge in [-0.1, -0.05) is 13.8 Å². The maximum absolute atomic E-state index is 3.54. The zero-order chi connectivity index (χ0) is 10.4. The molecular formula is C11H25N3. The fourth-order valence-electron chi connectivity index (χ4n) is 1.75. The normalized spacial score (nSPS) is 24.4. The predicted molar refractivity (Wildman–Crippen MR) is 61.6 cm³/mol. The molecule has 0 aromatic carbocycles. The molecule has 1 aliphatic rings. The molecular weight excluding hydrogens is 174 g/mol. The van der Waals surface area contributed by atoms with Crippen LogP contribution in [0.4, 0.5) is 0 Å². The van der Waals surface area contributed by atoms with E-state index in [4.69, 9.17) is 0 Å². The summed E-state index contributed by atoms with van der Waals surface area (Å²) in [6, 6.07) is 0.677. The molecule has 14 heavy (non-hydrogen) atoms. The minimum Gasteiger partial charge on any atom is -0.315 e. The molecule has 0 aromatic rings. The van der Waals surface area contributed by atoms with E-state index in [9.17, 15) is 0 Å². The van der Waals surface area contributed by atoms with E-state index >= 15 is 0 Å². The molecule has 1 fully saturated rings. The summed E-state index contributed by atoms with van der Waals surface area (Å²) < 4.78 is 0. The second-order valence-corrected chi connectivity index (χ2v) is 4.73. The topological polar surface area (TPSA) is 27.3 Å². The molecule has 0 aromatic heterocycles. The standard InChI is InChI=1S/C11H25N3/c1-10(2)4-5-12-8-11-9-13-6-7-14(11)3/h10-13H,4-9H2,1-3H3. The Morgan fingerprint density at radius 2 is 2.29 bits per heavy atom. The second-order valence-electron chi connectivity index (χ2n) is 4.73. The van der Waals surface area contributed by atoms with E-state index in [0.29, 0.717) is 6.04 Å². The van der Waals surface area contributed by atoms with Crippen molar-refractivity contribution >= 4 is 0 Å². The number of nitrogens with zero attached hydrogens (tertiary/aromatic N) is 1. The Labute approximate surface area is 88.2 Å². The van der Waals surface area contributed by atoms with Gasteiger partial charge < -0.3 is 10.6 Å². The molecule has 0 aliphatic carbocycles. The molecule has 0 radical (unpaired) electrons. The SMILES string of the molecule is CC(C)CCNCC1CNCCN1C. The van der Waals surface area contributed by atoms with Gasteiger partial charge in [-0.2, -0.15) is 0 Å². The van der Waals surface area contributed by atoms with Crippen LogP contribution in [0.2, 0.25) is 0 Å². The highest BCUT2D eigenvalue weighted by atomic mass is 15.2. The van der Waals surface area contributed by atoms with Gasteiger partial charge in [0.05, 0.1) is 0 Å². The van der Waals surface area contributed by atoms with Crippen molar-refractivity contribution in [1.29, 1.82) is 0 Å². The molecule has 1 aliphatic heterocycles. The summed E-state index contributed by atoms with van der Waals surface area (Å²) >= 11 is 0. The highest BCUT2D eigenvalue weighted by Crippen LogP contribution is 1.99. The number of piperazine rings is 1. The van der Waals surface area contributed by atoms with Gasteiger partial charge in [0, 0.05) is 32.2 Å². The number of rotatable bonds is 5. The molecule has 84 valence electrons. The van der Waals surface area contributed by atoms with Gasteiger partial charge in [-0.15, -0.1) is 0 Å². The van der Waals surface area contributed by atoms with Crippen molar-refractivity contribution in [2.75, 3.05) is 39.8 Å². The predicted octanol–water partition coefficient (Wildman–Crippen LogP) is 0.526. The van der Waals surface area contributed by atoms with E-state index in [0.717, 1.165) is 32.1 Å². The Hall–Kier alpha value is -0.120. The summed E-state index contributed by atoms with van der Waals surface area (Å²) in [5.74, 6) is 0.810. The molecule has 0 amide bonds. The minimum atomic E-state index is 0.677. The number of hydrogen-bond acceptors (Lipinski definition) is 3. The zero-order valence-electron chi connectivity index (χ0n) is 9.84. The monoisotopic (exact) mass is 199 g/mol. The lowest BCUT2D eigenvalue weighted by atomic mass is 10.1. The van der Waals surface area contributed by atoms with Crippen LogP contribution in [-0.2, 0) is 0 Å². The van der Waals surface area contributed by atoms with E-state index in [1.165, 1.54) is 13.0 Å². The van der Waals surface area contributed by atoms with Crippen LogP contribution in [0.25, 0.3) is 0 Å². The molecule has 1 atom stereocenters. The average molecular weight is 199 g/mol. The van der Waals surface area contributed by atoms with Gasteiger partial charge >= 0.3 is 0 Å². The van der Waals surface area contributed by atoms with Gasteiger partial charge in [0.15, 0.2) is 0 Å². The zero-order valence-corrected chi connectivity index (χ0v) is 9.84. The Kier molecular flexibility index (Phi) is 5.45. The van der Waals surface area contributed by atoms with Crippen molar-refractivity contribution < 1.29 is 0 Å². The summed E-state index contributed by atoms with van der Waals surface area (Å²) in [6.07, 6.45) is 1.28. The van der Waals surface area contributed by atoms with Gasteiger partial charge in [0.2, 0.25) is 0 Å². The smallest absolute Gasteiger partial charge is 0.0342 e. The average Bonchev–Trinajstić information content (AvgIpc) is 2.15. The van der Waals surface area contributed by atoms with Gasteiger partial charge in [0.25, 0.3) is 0 Å². The lowest BCUT2D eigenvalue weighted by molar-refractivity contribution is 0.195. The molecule has 0 saturated carbocycles. The fourth-order valence-corrected chi connectivity index (χ4v) is 1.75. The summed E-state index contributed by atoms with van der Waals surface area (Å²) in [4.78, 5) is 2.44. The Bertz CT molecular complexity index is 147. The van der Waals surface area contributed by atoms with Crippen molar-refractivity contribution in [2.24, 2.45) is 5.92 Å². The summed E-state index contributed by atoms with van der Waals surface area (Å²) in [5.41, 5.74) is 0. The van der Waals surface area contributed by atoms with Crippen molar-refractivity contribution in [2.45, 2.75) is 26.3 Å². The van der Waals surface area contributed by atoms with Crippen LogP contribution >= 0.6 is 0 Å². The summed E-state index contributed by atoms with van der Waals surface area (Å²) in [6.45, 7) is 10.3. The first kappa shape index (κ1) is 12.0. The summed E-state index contributed by atoms with van der Waals surface area (Å²) in [5, 5.41) is 6.97. The molecule has 2 N–H and O–H groups in total.